The van der Waals surface area contributed by atoms with Crippen molar-refractivity contribution in [3.05, 3.63) is 47.7 Å². The van der Waals surface area contributed by atoms with Gasteiger partial charge < -0.3 is 31.5 Å². The first-order valence-corrected chi connectivity index (χ1v) is 14.0. The van der Waals surface area contributed by atoms with Crippen molar-refractivity contribution in [2.45, 2.75) is 64.0 Å². The van der Waals surface area contributed by atoms with Gasteiger partial charge in [-0.25, -0.2) is 4.39 Å². The first-order chi connectivity index (χ1) is 18.6. The number of carbonyl (C=O) groups is 2. The standard InChI is InChI=1S/C29H46FN7O2/c1-6-23(30)17-33-20(4)26(27(31)34-19(2)3)28(38)35-25-18-32-12-11-24(25)21-7-9-22(10-8-21)29(39)37-15-13-36(5)14-16-37/h7-10,17,20,23-27,32,34H,2,6,11-16,18,31H2,1,3-5H3,(H,35,38)/b33-17-. The molecule has 2 heterocycles. The lowest BCUT2D eigenvalue weighted by Crippen LogP contribution is -2.57. The maximum absolute atomic E-state index is 13.8. The molecule has 10 heteroatoms. The van der Waals surface area contributed by atoms with Gasteiger partial charge in [0.05, 0.1) is 18.1 Å². The minimum absolute atomic E-state index is 0.0554. The van der Waals surface area contributed by atoms with E-state index in [-0.39, 0.29) is 23.8 Å². The molecule has 2 saturated heterocycles. The summed E-state index contributed by atoms with van der Waals surface area (Å²) in [4.78, 5) is 35.0. The molecule has 39 heavy (non-hydrogen) atoms. The van der Waals surface area contributed by atoms with E-state index in [9.17, 15) is 14.0 Å². The largest absolute Gasteiger partial charge is 0.373 e. The Labute approximate surface area is 232 Å². The van der Waals surface area contributed by atoms with Crippen LogP contribution in [0.4, 0.5) is 4.39 Å². The summed E-state index contributed by atoms with van der Waals surface area (Å²) in [6, 6.07) is 7.08. The second kappa shape index (κ2) is 14.5. The van der Waals surface area contributed by atoms with Crippen LogP contribution >= 0.6 is 0 Å². The van der Waals surface area contributed by atoms with Crippen LogP contribution in [-0.4, -0.2) is 98.6 Å². The number of halogens is 1. The van der Waals surface area contributed by atoms with E-state index >= 15 is 0 Å². The number of nitrogens with zero attached hydrogens (tertiary/aromatic N) is 3. The van der Waals surface area contributed by atoms with Crippen LogP contribution in [0.25, 0.3) is 0 Å². The fraction of sp³-hybridized carbons (Fsp3) is 0.621. The number of alkyl halides is 1. The number of allylic oxidation sites excluding steroid dienone is 1. The number of nitrogens with one attached hydrogen (secondary N) is 3. The number of hydrogen-bond donors (Lipinski definition) is 4. The van der Waals surface area contributed by atoms with Gasteiger partial charge in [0.2, 0.25) is 5.91 Å². The Bertz CT molecular complexity index is 994. The number of hydrogen-bond acceptors (Lipinski definition) is 7. The Morgan fingerprint density at radius 1 is 1.26 bits per heavy atom. The molecule has 2 aliphatic rings. The third-order valence-corrected chi connectivity index (χ3v) is 7.68. The number of benzene rings is 1. The van der Waals surface area contributed by atoms with Crippen LogP contribution in [0.3, 0.4) is 0 Å². The number of aliphatic imine (C=N–C) groups is 1. The van der Waals surface area contributed by atoms with E-state index in [1.165, 1.54) is 6.21 Å². The van der Waals surface area contributed by atoms with E-state index in [0.717, 1.165) is 44.7 Å². The maximum Gasteiger partial charge on any atom is 0.253 e. The van der Waals surface area contributed by atoms with Gasteiger partial charge in [-0.15, -0.1) is 0 Å². The first-order valence-electron chi connectivity index (χ1n) is 14.0. The molecule has 0 saturated carbocycles. The van der Waals surface area contributed by atoms with E-state index in [1.54, 1.807) is 20.8 Å². The molecule has 6 unspecified atom stereocenters. The summed E-state index contributed by atoms with van der Waals surface area (Å²) in [5.74, 6) is -0.843. The summed E-state index contributed by atoms with van der Waals surface area (Å²) in [5, 5.41) is 9.61. The summed E-state index contributed by atoms with van der Waals surface area (Å²) >= 11 is 0. The lowest BCUT2D eigenvalue weighted by Gasteiger charge is -2.36. The van der Waals surface area contributed by atoms with Gasteiger partial charge in [0.15, 0.2) is 0 Å². The Balaban J connectivity index is 1.73. The molecule has 0 aliphatic carbocycles. The highest BCUT2D eigenvalue weighted by Gasteiger charge is 2.35. The Hall–Kier alpha value is -2.82. The summed E-state index contributed by atoms with van der Waals surface area (Å²) in [6.07, 6.45) is 0.515. The Morgan fingerprint density at radius 3 is 2.54 bits per heavy atom. The smallest absolute Gasteiger partial charge is 0.253 e. The molecule has 6 atom stereocenters. The number of rotatable bonds is 11. The molecule has 1 aromatic rings. The van der Waals surface area contributed by atoms with E-state index in [1.807, 2.05) is 29.2 Å². The average Bonchev–Trinajstić information content (AvgIpc) is 2.92. The number of piperidine rings is 1. The van der Waals surface area contributed by atoms with E-state index in [2.05, 4.69) is 39.5 Å². The molecule has 3 rings (SSSR count). The van der Waals surface area contributed by atoms with Crippen molar-refractivity contribution in [2.75, 3.05) is 46.3 Å². The highest BCUT2D eigenvalue weighted by Crippen LogP contribution is 2.27. The van der Waals surface area contributed by atoms with E-state index in [0.29, 0.717) is 24.2 Å². The number of piperazine rings is 1. The molecular weight excluding hydrogens is 497 g/mol. The zero-order chi connectivity index (χ0) is 28.5. The molecule has 1 aromatic carbocycles. The van der Waals surface area contributed by atoms with E-state index in [4.69, 9.17) is 5.73 Å². The minimum atomic E-state index is -1.17. The molecule has 0 spiro atoms. The molecule has 2 fully saturated rings. The highest BCUT2D eigenvalue weighted by molar-refractivity contribution is 5.94. The average molecular weight is 544 g/mol. The number of carbonyl (C=O) groups excluding carboxylic acids is 2. The van der Waals surface area contributed by atoms with Crippen molar-refractivity contribution < 1.29 is 14.0 Å². The number of nitrogens with two attached hydrogens (primary N) is 1. The lowest BCUT2D eigenvalue weighted by molar-refractivity contribution is -0.127. The topological polar surface area (TPSA) is 115 Å². The molecule has 2 aliphatic heterocycles. The molecule has 5 N–H and O–H groups in total. The summed E-state index contributed by atoms with van der Waals surface area (Å²) in [6.45, 7) is 13.8. The molecule has 216 valence electrons. The number of likely N-dealkylation sites (N-methyl/N-ethyl adjacent to an activating group) is 1. The van der Waals surface area contributed by atoms with Crippen LogP contribution < -0.4 is 21.7 Å². The summed E-state index contributed by atoms with van der Waals surface area (Å²) < 4.78 is 13.8. The summed E-state index contributed by atoms with van der Waals surface area (Å²) in [7, 11) is 2.07. The van der Waals surface area contributed by atoms with Gasteiger partial charge in [0.25, 0.3) is 5.91 Å². The van der Waals surface area contributed by atoms with Gasteiger partial charge in [-0.05, 0) is 58.0 Å². The molecule has 2 amide bonds. The van der Waals surface area contributed by atoms with Gasteiger partial charge in [-0.3, -0.25) is 14.6 Å². The predicted molar refractivity (Wildman–Crippen MR) is 155 cm³/mol. The SMILES string of the molecule is C=C(C)NC(N)C(C(=O)NC1CNCCC1c1ccc(C(=O)N2CCN(C)CC2)cc1)C(C)/N=C\C(F)CC. The third kappa shape index (κ3) is 8.58. The van der Waals surface area contributed by atoms with Gasteiger partial charge in [0.1, 0.15) is 6.17 Å². The van der Waals surface area contributed by atoms with Gasteiger partial charge >= 0.3 is 0 Å². The lowest BCUT2D eigenvalue weighted by atomic mass is 9.85. The van der Waals surface area contributed by atoms with E-state index < -0.39 is 24.3 Å². The fourth-order valence-corrected chi connectivity index (χ4v) is 5.24. The molecular formula is C29H46FN7O2. The predicted octanol–water partition coefficient (Wildman–Crippen LogP) is 1.87. The minimum Gasteiger partial charge on any atom is -0.373 e. The fourth-order valence-electron chi connectivity index (χ4n) is 5.24. The van der Waals surface area contributed by atoms with Crippen LogP contribution in [0.15, 0.2) is 41.5 Å². The van der Waals surface area contributed by atoms with Crippen molar-refractivity contribution in [3.63, 3.8) is 0 Å². The highest BCUT2D eigenvalue weighted by atomic mass is 19.1. The summed E-state index contributed by atoms with van der Waals surface area (Å²) in [5.41, 5.74) is 8.76. The van der Waals surface area contributed by atoms with Gasteiger partial charge in [-0.1, -0.05) is 25.6 Å². The van der Waals surface area contributed by atoms with Gasteiger partial charge in [0, 0.05) is 62.2 Å². The van der Waals surface area contributed by atoms with Gasteiger partial charge in [-0.2, -0.15) is 0 Å². The van der Waals surface area contributed by atoms with Crippen LogP contribution in [0.5, 0.6) is 0 Å². The Kier molecular flexibility index (Phi) is 11.4. The molecule has 0 radical (unpaired) electrons. The van der Waals surface area contributed by atoms with Crippen molar-refractivity contribution in [3.8, 4) is 0 Å². The number of amides is 2. The van der Waals surface area contributed by atoms with Crippen LogP contribution in [0, 0.1) is 5.92 Å². The maximum atomic E-state index is 13.8. The van der Waals surface area contributed by atoms with Crippen molar-refractivity contribution in [2.24, 2.45) is 16.6 Å². The molecule has 9 nitrogen and oxygen atoms in total. The zero-order valence-corrected chi connectivity index (χ0v) is 23.8. The van der Waals surface area contributed by atoms with Crippen LogP contribution in [0.2, 0.25) is 0 Å². The van der Waals surface area contributed by atoms with Crippen molar-refractivity contribution >= 4 is 18.0 Å². The van der Waals surface area contributed by atoms with Crippen LogP contribution in [-0.2, 0) is 4.79 Å². The molecule has 0 bridgehead atoms. The monoisotopic (exact) mass is 543 g/mol. The van der Waals surface area contributed by atoms with Crippen molar-refractivity contribution in [1.82, 2.24) is 25.8 Å². The quantitative estimate of drug-likeness (QED) is 0.250. The van der Waals surface area contributed by atoms with Crippen molar-refractivity contribution in [1.29, 1.82) is 0 Å². The second-order valence-electron chi connectivity index (χ2n) is 10.9. The Morgan fingerprint density at radius 2 is 1.92 bits per heavy atom. The third-order valence-electron chi connectivity index (χ3n) is 7.68. The first kappa shape index (κ1) is 30.7. The second-order valence-corrected chi connectivity index (χ2v) is 10.9. The molecule has 0 aromatic heterocycles. The normalized spacial score (nSPS) is 23.6. The van der Waals surface area contributed by atoms with Crippen LogP contribution in [0.1, 0.15) is 55.5 Å². The zero-order valence-electron chi connectivity index (χ0n) is 23.8.